The van der Waals surface area contributed by atoms with Crippen LogP contribution in [0.25, 0.3) is 0 Å². The van der Waals surface area contributed by atoms with Crippen LogP contribution in [0.5, 0.6) is 0 Å². The van der Waals surface area contributed by atoms with Crippen molar-refractivity contribution in [2.24, 2.45) is 0 Å². The molecule has 1 aromatic rings. The standard InChI is InChI=1S/C17H21FN2O5/c1-10(21)15-9-20(17(24)25-15)12-2-3-13(14(18)8-12)11-4-6-19(7-5-11)16(22)23/h2-3,8,10-11,15,21H,4-7,9H2,1H3,(H,22,23). The highest BCUT2D eigenvalue weighted by atomic mass is 19.1. The maximum absolute atomic E-state index is 14.6. The van der Waals surface area contributed by atoms with Gasteiger partial charge < -0.3 is 19.8 Å². The summed E-state index contributed by atoms with van der Waals surface area (Å²) in [4.78, 5) is 25.5. The van der Waals surface area contributed by atoms with Crippen molar-refractivity contribution in [3.8, 4) is 0 Å². The second-order valence-electron chi connectivity index (χ2n) is 6.52. The third-order valence-corrected chi connectivity index (χ3v) is 4.87. The number of nitrogens with zero attached hydrogens (tertiary/aromatic N) is 2. The first-order chi connectivity index (χ1) is 11.9. The lowest BCUT2D eigenvalue weighted by Gasteiger charge is -2.30. The minimum atomic E-state index is -0.950. The summed E-state index contributed by atoms with van der Waals surface area (Å²) in [5.41, 5.74) is 0.922. The van der Waals surface area contributed by atoms with Gasteiger partial charge in [-0.1, -0.05) is 6.07 Å². The van der Waals surface area contributed by atoms with Gasteiger partial charge in [0.25, 0.3) is 0 Å². The molecule has 0 saturated carbocycles. The largest absolute Gasteiger partial charge is 0.465 e. The SMILES string of the molecule is CC(O)C1CN(c2ccc(C3CCN(C(=O)O)CC3)c(F)c2)C(=O)O1. The summed E-state index contributed by atoms with van der Waals surface area (Å²) in [5, 5.41) is 18.5. The first-order valence-corrected chi connectivity index (χ1v) is 8.30. The molecule has 7 nitrogen and oxygen atoms in total. The number of aliphatic hydroxyl groups excluding tert-OH is 1. The van der Waals surface area contributed by atoms with E-state index in [1.54, 1.807) is 12.1 Å². The number of carbonyl (C=O) groups excluding carboxylic acids is 1. The maximum atomic E-state index is 14.6. The molecule has 0 spiro atoms. The number of anilines is 1. The number of hydrogen-bond donors (Lipinski definition) is 2. The van der Waals surface area contributed by atoms with Gasteiger partial charge >= 0.3 is 12.2 Å². The number of aliphatic hydroxyl groups is 1. The second kappa shape index (κ2) is 6.87. The molecule has 2 saturated heterocycles. The van der Waals surface area contributed by atoms with Crippen molar-refractivity contribution in [2.45, 2.75) is 37.9 Å². The third kappa shape index (κ3) is 3.53. The molecule has 2 N–H and O–H groups in total. The number of halogens is 1. The molecule has 2 aliphatic heterocycles. The molecule has 1 aromatic carbocycles. The molecule has 0 radical (unpaired) electrons. The van der Waals surface area contributed by atoms with Crippen LogP contribution in [0, 0.1) is 5.82 Å². The highest BCUT2D eigenvalue weighted by Gasteiger charge is 2.35. The van der Waals surface area contributed by atoms with Gasteiger partial charge in [0.15, 0.2) is 0 Å². The summed E-state index contributed by atoms with van der Waals surface area (Å²) in [7, 11) is 0. The fourth-order valence-corrected chi connectivity index (χ4v) is 3.34. The average molecular weight is 352 g/mol. The first kappa shape index (κ1) is 17.5. The van der Waals surface area contributed by atoms with Crippen LogP contribution in [-0.2, 0) is 4.74 Å². The summed E-state index contributed by atoms with van der Waals surface area (Å²) in [6, 6.07) is 4.60. The van der Waals surface area contributed by atoms with Gasteiger partial charge in [-0.25, -0.2) is 14.0 Å². The number of rotatable bonds is 3. The van der Waals surface area contributed by atoms with Crippen molar-refractivity contribution < 1.29 is 28.9 Å². The monoisotopic (exact) mass is 352 g/mol. The molecule has 2 fully saturated rings. The molecule has 2 heterocycles. The van der Waals surface area contributed by atoms with Gasteiger partial charge in [-0.05, 0) is 43.4 Å². The van der Waals surface area contributed by atoms with E-state index in [1.165, 1.54) is 22.8 Å². The molecule has 2 aliphatic rings. The third-order valence-electron chi connectivity index (χ3n) is 4.87. The van der Waals surface area contributed by atoms with E-state index in [9.17, 15) is 19.1 Å². The number of benzene rings is 1. The smallest absolute Gasteiger partial charge is 0.414 e. The normalized spacial score (nSPS) is 22.8. The van der Waals surface area contributed by atoms with E-state index in [0.29, 0.717) is 37.2 Å². The number of likely N-dealkylation sites (tertiary alicyclic amines) is 1. The van der Waals surface area contributed by atoms with Crippen molar-refractivity contribution >= 4 is 17.9 Å². The zero-order chi connectivity index (χ0) is 18.1. The van der Waals surface area contributed by atoms with E-state index in [4.69, 9.17) is 9.84 Å². The topological polar surface area (TPSA) is 90.3 Å². The van der Waals surface area contributed by atoms with Gasteiger partial charge in [-0.3, -0.25) is 4.90 Å². The lowest BCUT2D eigenvalue weighted by atomic mass is 9.89. The zero-order valence-electron chi connectivity index (χ0n) is 13.9. The highest BCUT2D eigenvalue weighted by Crippen LogP contribution is 2.33. The van der Waals surface area contributed by atoms with Crippen LogP contribution in [0.3, 0.4) is 0 Å². The number of carboxylic acid groups (broad SMARTS) is 1. The van der Waals surface area contributed by atoms with Gasteiger partial charge in [-0.15, -0.1) is 0 Å². The minimum Gasteiger partial charge on any atom is -0.465 e. The van der Waals surface area contributed by atoms with Gasteiger partial charge in [0.05, 0.1) is 18.3 Å². The Labute approximate surface area is 144 Å². The van der Waals surface area contributed by atoms with E-state index in [2.05, 4.69) is 0 Å². The molecule has 3 rings (SSSR count). The van der Waals surface area contributed by atoms with E-state index in [0.717, 1.165) is 0 Å². The predicted octanol–water partition coefficient (Wildman–Crippen LogP) is 2.39. The Morgan fingerprint density at radius 2 is 2.04 bits per heavy atom. The molecule has 0 aromatic heterocycles. The maximum Gasteiger partial charge on any atom is 0.414 e. The lowest BCUT2D eigenvalue weighted by Crippen LogP contribution is -2.37. The van der Waals surface area contributed by atoms with Crippen molar-refractivity contribution in [3.63, 3.8) is 0 Å². The van der Waals surface area contributed by atoms with E-state index >= 15 is 0 Å². The van der Waals surface area contributed by atoms with Gasteiger partial charge in [0.1, 0.15) is 11.9 Å². The lowest BCUT2D eigenvalue weighted by molar-refractivity contribution is 0.0437. The molecule has 0 bridgehead atoms. The fraction of sp³-hybridized carbons (Fsp3) is 0.529. The first-order valence-electron chi connectivity index (χ1n) is 8.30. The molecular weight excluding hydrogens is 331 g/mol. The fourth-order valence-electron chi connectivity index (χ4n) is 3.34. The summed E-state index contributed by atoms with van der Waals surface area (Å²) < 4.78 is 19.6. The van der Waals surface area contributed by atoms with Crippen molar-refractivity contribution in [1.29, 1.82) is 0 Å². The molecule has 2 unspecified atom stereocenters. The molecule has 2 amide bonds. The molecule has 136 valence electrons. The molecule has 8 heteroatoms. The summed E-state index contributed by atoms with van der Waals surface area (Å²) in [5.74, 6) is -0.458. The average Bonchev–Trinajstić information content (AvgIpc) is 2.97. The minimum absolute atomic E-state index is 0.0413. The van der Waals surface area contributed by atoms with Crippen molar-refractivity contribution in [2.75, 3.05) is 24.5 Å². The van der Waals surface area contributed by atoms with E-state index in [1.807, 2.05) is 0 Å². The van der Waals surface area contributed by atoms with Crippen LogP contribution in [0.15, 0.2) is 18.2 Å². The number of hydrogen-bond acceptors (Lipinski definition) is 4. The van der Waals surface area contributed by atoms with Crippen molar-refractivity contribution in [3.05, 3.63) is 29.6 Å². The number of ether oxygens (including phenoxy) is 1. The second-order valence-corrected chi connectivity index (χ2v) is 6.52. The van der Waals surface area contributed by atoms with Crippen LogP contribution >= 0.6 is 0 Å². The Hall–Kier alpha value is -2.35. The number of amides is 2. The van der Waals surface area contributed by atoms with Gasteiger partial charge in [0, 0.05) is 13.1 Å². The van der Waals surface area contributed by atoms with E-state index < -0.39 is 30.2 Å². The highest BCUT2D eigenvalue weighted by molar-refractivity contribution is 5.89. The molecular formula is C17H21FN2O5. The summed E-state index contributed by atoms with van der Waals surface area (Å²) >= 11 is 0. The van der Waals surface area contributed by atoms with Crippen LogP contribution in [0.1, 0.15) is 31.2 Å². The molecule has 0 aliphatic carbocycles. The molecule has 25 heavy (non-hydrogen) atoms. The Morgan fingerprint density at radius 3 is 2.56 bits per heavy atom. The van der Waals surface area contributed by atoms with Gasteiger partial charge in [0.2, 0.25) is 0 Å². The Bertz CT molecular complexity index is 673. The quantitative estimate of drug-likeness (QED) is 0.872. The number of piperidine rings is 1. The van der Waals surface area contributed by atoms with Crippen molar-refractivity contribution in [1.82, 2.24) is 4.90 Å². The van der Waals surface area contributed by atoms with E-state index in [-0.39, 0.29) is 12.5 Å². The Balaban J connectivity index is 1.72. The predicted molar refractivity (Wildman–Crippen MR) is 87.3 cm³/mol. The zero-order valence-corrected chi connectivity index (χ0v) is 13.9. The Morgan fingerprint density at radius 1 is 1.36 bits per heavy atom. The van der Waals surface area contributed by atoms with Crippen LogP contribution < -0.4 is 4.90 Å². The number of cyclic esters (lactones) is 1. The van der Waals surface area contributed by atoms with Crippen LogP contribution in [0.2, 0.25) is 0 Å². The number of carbonyl (C=O) groups is 2. The summed E-state index contributed by atoms with van der Waals surface area (Å²) in [6.45, 7) is 2.48. The van der Waals surface area contributed by atoms with Crippen LogP contribution in [0.4, 0.5) is 19.7 Å². The van der Waals surface area contributed by atoms with Crippen LogP contribution in [-0.4, -0.2) is 59.1 Å². The Kier molecular flexibility index (Phi) is 4.80. The summed E-state index contributed by atoms with van der Waals surface area (Å²) in [6.07, 6.45) is -1.84. The van der Waals surface area contributed by atoms with Gasteiger partial charge in [-0.2, -0.15) is 0 Å². The molecule has 2 atom stereocenters.